The Morgan fingerprint density at radius 2 is 1.65 bits per heavy atom. The van der Waals surface area contributed by atoms with Gasteiger partial charge in [-0.3, -0.25) is 4.98 Å². The summed E-state index contributed by atoms with van der Waals surface area (Å²) in [6.45, 7) is 10.5. The maximum absolute atomic E-state index is 13.5. The third-order valence-electron chi connectivity index (χ3n) is 4.52. The largest absolute Gasteiger partial charge is 0.392 e. The average molecular weight is 355 g/mol. The highest BCUT2D eigenvalue weighted by molar-refractivity contribution is 5.80. The van der Waals surface area contributed by atoms with Gasteiger partial charge in [-0.2, -0.15) is 0 Å². The summed E-state index contributed by atoms with van der Waals surface area (Å²) in [5.41, 5.74) is 5.71. The number of halogens is 1. The van der Waals surface area contributed by atoms with E-state index >= 15 is 0 Å². The van der Waals surface area contributed by atoms with Crippen molar-refractivity contribution in [2.45, 2.75) is 65.9 Å². The van der Waals surface area contributed by atoms with E-state index in [1.54, 1.807) is 12.1 Å². The monoisotopic (exact) mass is 355 g/mol. The van der Waals surface area contributed by atoms with Crippen LogP contribution in [0.5, 0.6) is 0 Å². The number of aromatic nitrogens is 1. The Kier molecular flexibility index (Phi) is 7.10. The minimum absolute atomic E-state index is 0.0831. The van der Waals surface area contributed by atoms with Crippen molar-refractivity contribution < 1.29 is 9.50 Å². The topological polar surface area (TPSA) is 33.1 Å². The van der Waals surface area contributed by atoms with Gasteiger partial charge in [-0.05, 0) is 41.5 Å². The molecular weight excluding hydrogens is 325 g/mol. The first-order chi connectivity index (χ1) is 12.4. The van der Waals surface area contributed by atoms with E-state index in [-0.39, 0.29) is 24.3 Å². The molecule has 2 nitrogen and oxygen atoms in total. The lowest BCUT2D eigenvalue weighted by Crippen LogP contribution is -2.10. The molecule has 140 valence electrons. The van der Waals surface area contributed by atoms with Crippen LogP contribution in [0.1, 0.15) is 81.8 Å². The smallest absolute Gasteiger partial charge is 0.123 e. The van der Waals surface area contributed by atoms with Gasteiger partial charge in [0.1, 0.15) is 5.82 Å². The van der Waals surface area contributed by atoms with Gasteiger partial charge in [-0.25, -0.2) is 4.39 Å². The third-order valence-corrected chi connectivity index (χ3v) is 4.52. The van der Waals surface area contributed by atoms with Gasteiger partial charge in [0.25, 0.3) is 0 Å². The Hall–Kier alpha value is -2.00. The predicted octanol–water partition coefficient (Wildman–Crippen LogP) is 6.44. The SMILES string of the molecule is CCC/C=C/c1c(C(C)C)nc(C(C)C)c(CO)c1-c1ccc(F)cc1. The van der Waals surface area contributed by atoms with Gasteiger partial charge < -0.3 is 5.11 Å². The zero-order valence-electron chi connectivity index (χ0n) is 16.5. The van der Waals surface area contributed by atoms with Gasteiger partial charge in [0.2, 0.25) is 0 Å². The fourth-order valence-corrected chi connectivity index (χ4v) is 3.24. The van der Waals surface area contributed by atoms with Crippen LogP contribution in [0.15, 0.2) is 30.3 Å². The second kappa shape index (κ2) is 9.09. The minimum atomic E-state index is -0.260. The Balaban J connectivity index is 2.86. The lowest BCUT2D eigenvalue weighted by molar-refractivity contribution is 0.280. The molecule has 0 saturated heterocycles. The van der Waals surface area contributed by atoms with Crippen molar-refractivity contribution in [3.63, 3.8) is 0 Å². The van der Waals surface area contributed by atoms with Crippen LogP contribution in [0.4, 0.5) is 4.39 Å². The minimum Gasteiger partial charge on any atom is -0.392 e. The molecule has 1 N–H and O–H groups in total. The molecule has 3 heteroatoms. The molecule has 2 rings (SSSR count). The molecule has 2 aromatic rings. The highest BCUT2D eigenvalue weighted by atomic mass is 19.1. The molecule has 0 spiro atoms. The highest BCUT2D eigenvalue weighted by Crippen LogP contribution is 2.37. The lowest BCUT2D eigenvalue weighted by Gasteiger charge is -2.22. The van der Waals surface area contributed by atoms with Gasteiger partial charge in [-0.1, -0.05) is 65.3 Å². The molecule has 0 fully saturated rings. The van der Waals surface area contributed by atoms with E-state index in [9.17, 15) is 9.50 Å². The molecule has 0 unspecified atom stereocenters. The zero-order valence-corrected chi connectivity index (χ0v) is 16.5. The Morgan fingerprint density at radius 3 is 2.15 bits per heavy atom. The third kappa shape index (κ3) is 4.39. The zero-order chi connectivity index (χ0) is 19.3. The van der Waals surface area contributed by atoms with E-state index in [2.05, 4.69) is 46.8 Å². The molecule has 0 atom stereocenters. The molecule has 0 aliphatic rings. The number of unbranched alkanes of at least 4 members (excludes halogenated alkanes) is 1. The predicted molar refractivity (Wildman–Crippen MR) is 108 cm³/mol. The van der Waals surface area contributed by atoms with Crippen LogP contribution in [0.3, 0.4) is 0 Å². The number of aliphatic hydroxyl groups is 1. The standard InChI is InChI=1S/C23H30FNO/c1-6-7-8-9-19-21(17-10-12-18(24)13-11-17)20(14-26)23(16(4)5)25-22(19)15(2)3/h8-13,15-16,26H,6-7,14H2,1-5H3/b9-8+. The van der Waals surface area contributed by atoms with Gasteiger partial charge in [0, 0.05) is 16.8 Å². The van der Waals surface area contributed by atoms with Crippen LogP contribution in [0, 0.1) is 5.82 Å². The molecule has 0 saturated carbocycles. The van der Waals surface area contributed by atoms with Crippen LogP contribution in [-0.4, -0.2) is 10.1 Å². The summed E-state index contributed by atoms with van der Waals surface area (Å²) < 4.78 is 13.5. The maximum Gasteiger partial charge on any atom is 0.123 e. The van der Waals surface area contributed by atoms with Crippen molar-refractivity contribution >= 4 is 6.08 Å². The Labute approximate surface area is 156 Å². The summed E-state index contributed by atoms with van der Waals surface area (Å²) in [6.07, 6.45) is 6.34. The number of pyridine rings is 1. The number of hydrogen-bond donors (Lipinski definition) is 1. The summed E-state index contributed by atoms with van der Waals surface area (Å²) in [4.78, 5) is 4.94. The molecule has 0 aliphatic heterocycles. The molecule has 0 radical (unpaired) electrons. The van der Waals surface area contributed by atoms with Crippen molar-refractivity contribution in [1.29, 1.82) is 0 Å². The molecule has 1 heterocycles. The highest BCUT2D eigenvalue weighted by Gasteiger charge is 2.22. The van der Waals surface area contributed by atoms with Crippen molar-refractivity contribution in [3.05, 3.63) is 58.7 Å². The van der Waals surface area contributed by atoms with E-state index in [1.165, 1.54) is 12.1 Å². The van der Waals surface area contributed by atoms with Gasteiger partial charge in [0.15, 0.2) is 0 Å². The van der Waals surface area contributed by atoms with E-state index < -0.39 is 0 Å². The molecule has 26 heavy (non-hydrogen) atoms. The first-order valence-electron chi connectivity index (χ1n) is 9.50. The Morgan fingerprint density at radius 1 is 1.04 bits per heavy atom. The summed E-state index contributed by atoms with van der Waals surface area (Å²) in [5, 5.41) is 10.2. The Bertz CT molecular complexity index is 761. The quantitative estimate of drug-likeness (QED) is 0.620. The number of allylic oxidation sites excluding steroid dienone is 1. The number of benzene rings is 1. The second-order valence-corrected chi connectivity index (χ2v) is 7.31. The summed E-state index contributed by atoms with van der Waals surface area (Å²) in [7, 11) is 0. The maximum atomic E-state index is 13.5. The lowest BCUT2D eigenvalue weighted by atomic mass is 9.87. The first kappa shape index (κ1) is 20.3. The number of hydrogen-bond acceptors (Lipinski definition) is 2. The van der Waals surface area contributed by atoms with E-state index in [0.717, 1.165) is 46.5 Å². The average Bonchev–Trinajstić information content (AvgIpc) is 2.61. The van der Waals surface area contributed by atoms with Gasteiger partial charge >= 0.3 is 0 Å². The van der Waals surface area contributed by atoms with Gasteiger partial charge in [0.05, 0.1) is 12.3 Å². The molecular formula is C23H30FNO. The van der Waals surface area contributed by atoms with E-state index in [0.29, 0.717) is 0 Å². The number of nitrogens with zero attached hydrogens (tertiary/aromatic N) is 1. The van der Waals surface area contributed by atoms with Crippen molar-refractivity contribution in [2.24, 2.45) is 0 Å². The van der Waals surface area contributed by atoms with Crippen molar-refractivity contribution in [3.8, 4) is 11.1 Å². The van der Waals surface area contributed by atoms with Crippen LogP contribution < -0.4 is 0 Å². The summed E-state index contributed by atoms with van der Waals surface area (Å²) in [6, 6.07) is 6.52. The molecule has 0 bridgehead atoms. The normalized spacial score (nSPS) is 11.9. The first-order valence-corrected chi connectivity index (χ1v) is 9.50. The van der Waals surface area contributed by atoms with Crippen molar-refractivity contribution in [2.75, 3.05) is 0 Å². The number of aliphatic hydroxyl groups excluding tert-OH is 1. The number of rotatable bonds is 7. The van der Waals surface area contributed by atoms with Crippen LogP contribution in [0.2, 0.25) is 0 Å². The second-order valence-electron chi connectivity index (χ2n) is 7.31. The van der Waals surface area contributed by atoms with E-state index in [1.807, 2.05) is 0 Å². The van der Waals surface area contributed by atoms with Crippen LogP contribution in [0.25, 0.3) is 17.2 Å². The molecule has 0 aliphatic carbocycles. The molecule has 1 aromatic carbocycles. The van der Waals surface area contributed by atoms with Gasteiger partial charge in [-0.15, -0.1) is 0 Å². The van der Waals surface area contributed by atoms with E-state index in [4.69, 9.17) is 4.98 Å². The van der Waals surface area contributed by atoms with Crippen molar-refractivity contribution in [1.82, 2.24) is 4.98 Å². The fraction of sp³-hybridized carbons (Fsp3) is 0.435. The van der Waals surface area contributed by atoms with Crippen LogP contribution in [-0.2, 0) is 6.61 Å². The molecule has 1 aromatic heterocycles. The molecule has 0 amide bonds. The summed E-state index contributed by atoms with van der Waals surface area (Å²) >= 11 is 0. The summed E-state index contributed by atoms with van der Waals surface area (Å²) in [5.74, 6) is 0.188. The van der Waals surface area contributed by atoms with Crippen LogP contribution >= 0.6 is 0 Å². The fourth-order valence-electron chi connectivity index (χ4n) is 3.24.